The lowest BCUT2D eigenvalue weighted by atomic mass is 10.3. The molecule has 0 bridgehead atoms. The van der Waals surface area contributed by atoms with Gasteiger partial charge in [-0.25, -0.2) is 4.79 Å². The van der Waals surface area contributed by atoms with Gasteiger partial charge in [0.1, 0.15) is 0 Å². The second kappa shape index (κ2) is 5.69. The van der Waals surface area contributed by atoms with E-state index in [1.165, 1.54) is 11.8 Å². The molecular weight excluding hydrogens is 254 g/mol. The van der Waals surface area contributed by atoms with Crippen LogP contribution in [-0.4, -0.2) is 6.08 Å². The molecule has 2 aromatic carbocycles. The first-order valence-corrected chi connectivity index (χ1v) is 6.09. The molecule has 0 saturated heterocycles. The van der Waals surface area contributed by atoms with Crippen LogP contribution in [0.4, 0.5) is 5.69 Å². The summed E-state index contributed by atoms with van der Waals surface area (Å²) in [5, 5.41) is 0.686. The molecule has 4 heteroatoms. The zero-order valence-electron chi connectivity index (χ0n) is 8.76. The van der Waals surface area contributed by atoms with Gasteiger partial charge in [0.25, 0.3) is 0 Å². The first-order chi connectivity index (χ1) is 8.29. The van der Waals surface area contributed by atoms with Gasteiger partial charge in [-0.1, -0.05) is 41.6 Å². The number of para-hydroxylation sites is 1. The summed E-state index contributed by atoms with van der Waals surface area (Å²) in [6.45, 7) is 0. The summed E-state index contributed by atoms with van der Waals surface area (Å²) in [5.74, 6) is 0. The van der Waals surface area contributed by atoms with E-state index in [-0.39, 0.29) is 0 Å². The zero-order chi connectivity index (χ0) is 12.1. The number of aliphatic imine (C=N–C) groups is 1. The minimum Gasteiger partial charge on any atom is -0.211 e. The van der Waals surface area contributed by atoms with Crippen molar-refractivity contribution in [2.45, 2.75) is 9.79 Å². The van der Waals surface area contributed by atoms with Crippen molar-refractivity contribution in [3.63, 3.8) is 0 Å². The highest BCUT2D eigenvalue weighted by Crippen LogP contribution is 2.35. The van der Waals surface area contributed by atoms with Crippen molar-refractivity contribution in [2.75, 3.05) is 0 Å². The zero-order valence-corrected chi connectivity index (χ0v) is 10.3. The minimum atomic E-state index is 0.618. The Kier molecular flexibility index (Phi) is 3.99. The van der Waals surface area contributed by atoms with Crippen LogP contribution in [0, 0.1) is 0 Å². The predicted octanol–water partition coefficient (Wildman–Crippen LogP) is 4.46. The lowest BCUT2D eigenvalue weighted by Crippen LogP contribution is -1.75. The topological polar surface area (TPSA) is 29.4 Å². The highest BCUT2D eigenvalue weighted by molar-refractivity contribution is 7.99. The molecule has 0 aromatic heterocycles. The van der Waals surface area contributed by atoms with Gasteiger partial charge in [0.15, 0.2) is 0 Å². The summed E-state index contributed by atoms with van der Waals surface area (Å²) in [4.78, 5) is 15.9. The third-order valence-corrected chi connectivity index (χ3v) is 3.35. The Bertz CT molecular complexity index is 579. The van der Waals surface area contributed by atoms with Crippen LogP contribution in [0.3, 0.4) is 0 Å². The summed E-state index contributed by atoms with van der Waals surface area (Å²) >= 11 is 7.42. The van der Waals surface area contributed by atoms with E-state index < -0.39 is 0 Å². The Hall–Kier alpha value is -1.54. The summed E-state index contributed by atoms with van der Waals surface area (Å²) in [5.41, 5.74) is 0.618. The molecule has 0 aliphatic carbocycles. The SMILES string of the molecule is O=C=Nc1ccccc1Sc1cccc(Cl)c1. The quantitative estimate of drug-likeness (QED) is 0.603. The average Bonchev–Trinajstić information content (AvgIpc) is 2.32. The molecule has 0 fully saturated rings. The molecule has 0 heterocycles. The highest BCUT2D eigenvalue weighted by atomic mass is 35.5. The molecule has 0 atom stereocenters. The Balaban J connectivity index is 2.33. The van der Waals surface area contributed by atoms with Crippen LogP contribution in [-0.2, 0) is 4.79 Å². The lowest BCUT2D eigenvalue weighted by molar-refractivity contribution is 0.565. The van der Waals surface area contributed by atoms with Crippen molar-refractivity contribution in [3.8, 4) is 0 Å². The third kappa shape index (κ3) is 3.21. The number of nitrogens with zero attached hydrogens (tertiary/aromatic N) is 1. The highest BCUT2D eigenvalue weighted by Gasteiger charge is 2.03. The number of benzene rings is 2. The van der Waals surface area contributed by atoms with E-state index in [1.54, 1.807) is 12.1 Å². The van der Waals surface area contributed by atoms with Crippen molar-refractivity contribution in [3.05, 3.63) is 53.6 Å². The maximum absolute atomic E-state index is 10.3. The fourth-order valence-corrected chi connectivity index (χ4v) is 2.55. The van der Waals surface area contributed by atoms with Gasteiger partial charge in [-0.15, -0.1) is 0 Å². The monoisotopic (exact) mass is 261 g/mol. The number of carbonyl (C=O) groups excluding carboxylic acids is 1. The fraction of sp³-hybridized carbons (Fsp3) is 0. The minimum absolute atomic E-state index is 0.618. The van der Waals surface area contributed by atoms with Crippen LogP contribution in [0.15, 0.2) is 63.3 Å². The molecule has 2 rings (SSSR count). The number of hydrogen-bond donors (Lipinski definition) is 0. The van der Waals surface area contributed by atoms with E-state index in [0.717, 1.165) is 9.79 Å². The summed E-state index contributed by atoms with van der Waals surface area (Å²) in [6.07, 6.45) is 1.56. The van der Waals surface area contributed by atoms with Gasteiger partial charge < -0.3 is 0 Å². The van der Waals surface area contributed by atoms with Crippen molar-refractivity contribution in [2.24, 2.45) is 4.99 Å². The van der Waals surface area contributed by atoms with Gasteiger partial charge in [-0.3, -0.25) is 0 Å². The molecule has 2 nitrogen and oxygen atoms in total. The van der Waals surface area contributed by atoms with Crippen LogP contribution < -0.4 is 0 Å². The van der Waals surface area contributed by atoms with Gasteiger partial charge in [0.2, 0.25) is 6.08 Å². The number of hydrogen-bond acceptors (Lipinski definition) is 3. The smallest absolute Gasteiger partial charge is 0.211 e. The molecule has 2 aromatic rings. The van der Waals surface area contributed by atoms with E-state index in [0.29, 0.717) is 10.7 Å². The van der Waals surface area contributed by atoms with E-state index in [4.69, 9.17) is 11.6 Å². The normalized spacial score (nSPS) is 9.71. The van der Waals surface area contributed by atoms with Crippen molar-refractivity contribution in [1.29, 1.82) is 0 Å². The van der Waals surface area contributed by atoms with Gasteiger partial charge >= 0.3 is 0 Å². The Morgan fingerprint density at radius 2 is 1.94 bits per heavy atom. The Morgan fingerprint density at radius 3 is 2.71 bits per heavy atom. The van der Waals surface area contributed by atoms with Gasteiger partial charge in [0, 0.05) is 14.8 Å². The van der Waals surface area contributed by atoms with Crippen LogP contribution in [0.2, 0.25) is 5.02 Å². The number of isocyanates is 1. The maximum atomic E-state index is 10.3. The summed E-state index contributed by atoms with van der Waals surface area (Å²) in [6, 6.07) is 14.9. The largest absolute Gasteiger partial charge is 0.240 e. The molecule has 0 N–H and O–H groups in total. The molecule has 0 spiro atoms. The third-order valence-electron chi connectivity index (χ3n) is 2.06. The van der Waals surface area contributed by atoms with E-state index >= 15 is 0 Å². The first kappa shape index (κ1) is 11.9. The van der Waals surface area contributed by atoms with Crippen LogP contribution in [0.25, 0.3) is 0 Å². The molecule has 0 amide bonds. The molecule has 0 aliphatic rings. The number of halogens is 1. The van der Waals surface area contributed by atoms with Crippen LogP contribution in [0.5, 0.6) is 0 Å². The van der Waals surface area contributed by atoms with Crippen LogP contribution in [0.1, 0.15) is 0 Å². The maximum Gasteiger partial charge on any atom is 0.240 e. The van der Waals surface area contributed by atoms with E-state index in [2.05, 4.69) is 4.99 Å². The molecule has 0 unspecified atom stereocenters. The van der Waals surface area contributed by atoms with Crippen molar-refractivity contribution < 1.29 is 4.79 Å². The molecule has 0 aliphatic heterocycles. The fourth-order valence-electron chi connectivity index (χ4n) is 1.34. The van der Waals surface area contributed by atoms with Gasteiger partial charge in [-0.05, 0) is 30.3 Å². The van der Waals surface area contributed by atoms with E-state index in [9.17, 15) is 4.79 Å². The average molecular weight is 262 g/mol. The molecule has 84 valence electrons. The predicted molar refractivity (Wildman–Crippen MR) is 69.8 cm³/mol. The molecular formula is C13H8ClNOS. The van der Waals surface area contributed by atoms with Crippen LogP contribution >= 0.6 is 23.4 Å². The lowest BCUT2D eigenvalue weighted by Gasteiger charge is -2.04. The van der Waals surface area contributed by atoms with Gasteiger partial charge in [0.05, 0.1) is 5.69 Å². The summed E-state index contributed by atoms with van der Waals surface area (Å²) in [7, 11) is 0. The van der Waals surface area contributed by atoms with Crippen molar-refractivity contribution in [1.82, 2.24) is 0 Å². The summed E-state index contributed by atoms with van der Waals surface area (Å²) < 4.78 is 0. The second-order valence-electron chi connectivity index (χ2n) is 3.23. The first-order valence-electron chi connectivity index (χ1n) is 4.90. The second-order valence-corrected chi connectivity index (χ2v) is 4.78. The van der Waals surface area contributed by atoms with Gasteiger partial charge in [-0.2, -0.15) is 4.99 Å². The Morgan fingerprint density at radius 1 is 1.12 bits per heavy atom. The Labute approximate surface area is 108 Å². The molecule has 17 heavy (non-hydrogen) atoms. The van der Waals surface area contributed by atoms with E-state index in [1.807, 2.05) is 42.5 Å². The standard InChI is InChI=1S/C13H8ClNOS/c14-10-4-3-5-11(8-10)17-13-7-2-1-6-12(13)15-9-16/h1-8H. The molecule has 0 radical (unpaired) electrons. The molecule has 0 saturated carbocycles. The van der Waals surface area contributed by atoms with Crippen molar-refractivity contribution >= 4 is 35.1 Å². The number of rotatable bonds is 3.